The Morgan fingerprint density at radius 1 is 1.35 bits per heavy atom. The number of hydrogen-bond donors (Lipinski definition) is 0. The highest BCUT2D eigenvalue weighted by atomic mass is 16.5. The largest absolute Gasteiger partial charge is 0.474 e. The first-order valence-corrected chi connectivity index (χ1v) is 8.31. The molecule has 1 aliphatic rings. The van der Waals surface area contributed by atoms with Crippen LogP contribution in [0.25, 0.3) is 0 Å². The van der Waals surface area contributed by atoms with Gasteiger partial charge in [0.15, 0.2) is 5.82 Å². The molecule has 23 heavy (non-hydrogen) atoms. The van der Waals surface area contributed by atoms with Crippen LogP contribution in [-0.4, -0.2) is 39.2 Å². The highest BCUT2D eigenvalue weighted by Crippen LogP contribution is 2.25. The van der Waals surface area contributed by atoms with E-state index < -0.39 is 0 Å². The Morgan fingerprint density at radius 2 is 2.13 bits per heavy atom. The first-order chi connectivity index (χ1) is 11.2. The van der Waals surface area contributed by atoms with Crippen LogP contribution < -0.4 is 4.74 Å². The van der Waals surface area contributed by atoms with Gasteiger partial charge in [0.1, 0.15) is 6.10 Å². The van der Waals surface area contributed by atoms with E-state index in [1.54, 1.807) is 0 Å². The first-order valence-electron chi connectivity index (χ1n) is 8.31. The third-order valence-electron chi connectivity index (χ3n) is 4.35. The van der Waals surface area contributed by atoms with Gasteiger partial charge < -0.3 is 9.26 Å². The number of piperidine rings is 1. The molecule has 0 bridgehead atoms. The fourth-order valence-corrected chi connectivity index (χ4v) is 2.81. The van der Waals surface area contributed by atoms with Crippen molar-refractivity contribution in [3.05, 3.63) is 35.6 Å². The molecule has 0 aliphatic carbocycles. The Morgan fingerprint density at radius 3 is 2.74 bits per heavy atom. The molecule has 6 nitrogen and oxygen atoms in total. The number of aryl methyl sites for hydroxylation is 2. The molecule has 0 aromatic carbocycles. The fourth-order valence-electron chi connectivity index (χ4n) is 2.81. The molecule has 124 valence electrons. The second-order valence-electron chi connectivity index (χ2n) is 6.11. The van der Waals surface area contributed by atoms with Crippen LogP contribution in [0, 0.1) is 6.92 Å². The van der Waals surface area contributed by atoms with Gasteiger partial charge in [0.05, 0.1) is 6.04 Å². The van der Waals surface area contributed by atoms with E-state index in [9.17, 15) is 0 Å². The number of ether oxygens (including phenoxy) is 1. The van der Waals surface area contributed by atoms with Gasteiger partial charge in [-0.3, -0.25) is 4.90 Å². The molecule has 1 atom stereocenters. The molecule has 2 aromatic heterocycles. The van der Waals surface area contributed by atoms with Gasteiger partial charge in [-0.1, -0.05) is 18.1 Å². The lowest BCUT2D eigenvalue weighted by Gasteiger charge is -2.34. The zero-order valence-electron chi connectivity index (χ0n) is 14.0. The van der Waals surface area contributed by atoms with E-state index in [1.165, 1.54) is 0 Å². The molecule has 2 aromatic rings. The average molecular weight is 316 g/mol. The van der Waals surface area contributed by atoms with Crippen LogP contribution >= 0.6 is 0 Å². The second kappa shape index (κ2) is 7.08. The standard InChI is InChI=1S/C17H24N4O2/c1-4-15-19-17(23-20-15)13(3)21-9-7-14(8-10-21)22-16-6-5-12(2)11-18-16/h5-6,11,13-14H,4,7-10H2,1-3H3/t13-/m1/s1. The molecule has 1 aliphatic heterocycles. The Kier molecular flexibility index (Phi) is 4.91. The molecule has 3 rings (SSSR count). The van der Waals surface area contributed by atoms with Crippen molar-refractivity contribution >= 4 is 0 Å². The van der Waals surface area contributed by atoms with Crippen LogP contribution in [0.3, 0.4) is 0 Å². The van der Waals surface area contributed by atoms with Crippen molar-refractivity contribution in [1.29, 1.82) is 0 Å². The molecular weight excluding hydrogens is 292 g/mol. The number of hydrogen-bond acceptors (Lipinski definition) is 6. The van der Waals surface area contributed by atoms with E-state index in [0.29, 0.717) is 11.8 Å². The Balaban J connectivity index is 1.52. The molecule has 0 saturated carbocycles. The summed E-state index contributed by atoms with van der Waals surface area (Å²) in [5.41, 5.74) is 1.15. The monoisotopic (exact) mass is 316 g/mol. The minimum Gasteiger partial charge on any atom is -0.474 e. The summed E-state index contributed by atoms with van der Waals surface area (Å²) in [4.78, 5) is 11.1. The molecule has 0 spiro atoms. The van der Waals surface area contributed by atoms with Crippen molar-refractivity contribution in [1.82, 2.24) is 20.0 Å². The average Bonchev–Trinajstić information content (AvgIpc) is 3.06. The van der Waals surface area contributed by atoms with Crippen LogP contribution in [0.1, 0.15) is 50.0 Å². The highest BCUT2D eigenvalue weighted by molar-refractivity contribution is 5.16. The SMILES string of the molecule is CCc1noc([C@@H](C)N2CCC(Oc3ccc(C)cn3)CC2)n1. The van der Waals surface area contributed by atoms with E-state index in [0.717, 1.165) is 43.7 Å². The van der Waals surface area contributed by atoms with Crippen LogP contribution in [0.4, 0.5) is 0 Å². The number of likely N-dealkylation sites (tertiary alicyclic amines) is 1. The van der Waals surface area contributed by atoms with Crippen LogP contribution in [-0.2, 0) is 6.42 Å². The summed E-state index contributed by atoms with van der Waals surface area (Å²) < 4.78 is 11.3. The predicted octanol–water partition coefficient (Wildman–Crippen LogP) is 2.94. The normalized spacial score (nSPS) is 18.0. The maximum absolute atomic E-state index is 5.98. The lowest BCUT2D eigenvalue weighted by Crippen LogP contribution is -2.39. The fraction of sp³-hybridized carbons (Fsp3) is 0.588. The Labute approximate surface area is 136 Å². The van der Waals surface area contributed by atoms with E-state index in [1.807, 2.05) is 32.2 Å². The molecule has 0 amide bonds. The van der Waals surface area contributed by atoms with Crippen LogP contribution in [0.5, 0.6) is 5.88 Å². The third-order valence-corrected chi connectivity index (χ3v) is 4.35. The van der Waals surface area contributed by atoms with Crippen LogP contribution in [0.15, 0.2) is 22.9 Å². The van der Waals surface area contributed by atoms with Crippen LogP contribution in [0.2, 0.25) is 0 Å². The smallest absolute Gasteiger partial charge is 0.243 e. The van der Waals surface area contributed by atoms with E-state index in [-0.39, 0.29) is 12.1 Å². The zero-order chi connectivity index (χ0) is 16.2. The Bertz CT molecular complexity index is 618. The van der Waals surface area contributed by atoms with E-state index >= 15 is 0 Å². The van der Waals surface area contributed by atoms with Crippen molar-refractivity contribution < 1.29 is 9.26 Å². The predicted molar refractivity (Wildman–Crippen MR) is 86.3 cm³/mol. The molecule has 0 N–H and O–H groups in total. The van der Waals surface area contributed by atoms with Crippen molar-refractivity contribution in [2.24, 2.45) is 0 Å². The molecule has 6 heteroatoms. The summed E-state index contributed by atoms with van der Waals surface area (Å²) in [7, 11) is 0. The van der Waals surface area contributed by atoms with Gasteiger partial charge in [-0.2, -0.15) is 4.98 Å². The highest BCUT2D eigenvalue weighted by Gasteiger charge is 2.27. The maximum atomic E-state index is 5.98. The minimum atomic E-state index is 0.154. The van der Waals surface area contributed by atoms with Gasteiger partial charge in [0.25, 0.3) is 0 Å². The third kappa shape index (κ3) is 3.88. The number of pyridine rings is 1. The van der Waals surface area contributed by atoms with Gasteiger partial charge in [-0.25, -0.2) is 4.98 Å². The summed E-state index contributed by atoms with van der Waals surface area (Å²) in [5, 5.41) is 3.98. The van der Waals surface area contributed by atoms with Crippen molar-refractivity contribution in [3.8, 4) is 5.88 Å². The lowest BCUT2D eigenvalue weighted by atomic mass is 10.1. The van der Waals surface area contributed by atoms with Gasteiger partial charge >= 0.3 is 0 Å². The molecule has 1 saturated heterocycles. The summed E-state index contributed by atoms with van der Waals surface area (Å²) >= 11 is 0. The summed E-state index contributed by atoms with van der Waals surface area (Å²) in [6.07, 6.45) is 4.83. The van der Waals surface area contributed by atoms with E-state index in [4.69, 9.17) is 9.26 Å². The lowest BCUT2D eigenvalue weighted by molar-refractivity contribution is 0.0675. The summed E-state index contributed by atoms with van der Waals surface area (Å²) in [6.45, 7) is 8.10. The molecule has 0 radical (unpaired) electrons. The van der Waals surface area contributed by atoms with Gasteiger partial charge in [0.2, 0.25) is 11.8 Å². The Hall–Kier alpha value is -1.95. The van der Waals surface area contributed by atoms with Gasteiger partial charge in [0, 0.05) is 31.8 Å². The number of nitrogens with zero attached hydrogens (tertiary/aromatic N) is 4. The summed E-state index contributed by atoms with van der Waals surface area (Å²) in [5.74, 6) is 2.20. The minimum absolute atomic E-state index is 0.154. The molecular formula is C17H24N4O2. The van der Waals surface area contributed by atoms with Crippen molar-refractivity contribution in [2.75, 3.05) is 13.1 Å². The maximum Gasteiger partial charge on any atom is 0.243 e. The van der Waals surface area contributed by atoms with Gasteiger partial charge in [-0.15, -0.1) is 0 Å². The second-order valence-corrected chi connectivity index (χ2v) is 6.11. The molecule has 3 heterocycles. The molecule has 0 unspecified atom stereocenters. The van der Waals surface area contributed by atoms with Gasteiger partial charge in [-0.05, 0) is 32.3 Å². The zero-order valence-corrected chi connectivity index (χ0v) is 14.0. The first kappa shape index (κ1) is 15.9. The quantitative estimate of drug-likeness (QED) is 0.845. The number of rotatable bonds is 5. The topological polar surface area (TPSA) is 64.3 Å². The summed E-state index contributed by atoms with van der Waals surface area (Å²) in [6, 6.07) is 4.12. The van der Waals surface area contributed by atoms with Crippen molar-refractivity contribution in [3.63, 3.8) is 0 Å². The van der Waals surface area contributed by atoms with E-state index in [2.05, 4.69) is 26.9 Å². The molecule has 1 fully saturated rings. The van der Waals surface area contributed by atoms with Crippen molar-refractivity contribution in [2.45, 2.75) is 52.2 Å². The number of aromatic nitrogens is 3.